The Hall–Kier alpha value is -2.51. The van der Waals surface area contributed by atoms with Gasteiger partial charge < -0.3 is 89.9 Å². The topological polar surface area (TPSA) is 307 Å². The molecule has 3 fully saturated rings. The molecule has 0 bridgehead atoms. The molecule has 0 spiro atoms. The van der Waals surface area contributed by atoms with E-state index in [-0.39, 0.29) is 18.9 Å². The molecule has 12 N–H and O–H groups in total. The summed E-state index contributed by atoms with van der Waals surface area (Å²) < 4.78 is 34.3. The summed E-state index contributed by atoms with van der Waals surface area (Å²) in [5.74, 6) is -0.370. The molecule has 3 saturated heterocycles. The third-order valence-corrected chi connectivity index (χ3v) is 16.1. The predicted molar refractivity (Wildman–Crippen MR) is 323 cm³/mol. The Morgan fingerprint density at radius 1 is 0.429 bits per heavy atom. The zero-order chi connectivity index (χ0) is 61.2. The fourth-order valence-corrected chi connectivity index (χ4v) is 10.9. The molecule has 3 rings (SSSR count). The smallest absolute Gasteiger partial charge is 0.224 e. The van der Waals surface area contributed by atoms with Crippen molar-refractivity contribution in [3.63, 3.8) is 0 Å². The van der Waals surface area contributed by atoms with Crippen LogP contribution in [0.2, 0.25) is 0 Å². The number of allylic oxidation sites excluding steroid dienone is 9. The van der Waals surface area contributed by atoms with Gasteiger partial charge in [-0.15, -0.1) is 0 Å². The van der Waals surface area contributed by atoms with Crippen molar-refractivity contribution >= 4 is 5.91 Å². The van der Waals surface area contributed by atoms with Crippen molar-refractivity contribution < 1.29 is 89.4 Å². The van der Waals surface area contributed by atoms with Gasteiger partial charge in [-0.2, -0.15) is 0 Å². The summed E-state index contributed by atoms with van der Waals surface area (Å²) in [5, 5.41) is 120. The van der Waals surface area contributed by atoms with E-state index < -0.39 is 124 Å². The first-order chi connectivity index (χ1) is 40.8. The molecule has 0 saturated carbocycles. The number of carbonyl (C=O) groups excluding carboxylic acids is 1. The van der Waals surface area contributed by atoms with Gasteiger partial charge in [-0.05, 0) is 38.5 Å². The highest BCUT2D eigenvalue weighted by molar-refractivity contribution is 5.77. The maximum Gasteiger partial charge on any atom is 0.224 e. The monoisotopic (exact) mass is 1200 g/mol. The van der Waals surface area contributed by atoms with E-state index in [4.69, 9.17) is 28.4 Å². The number of aliphatic hydroxyl groups is 11. The van der Waals surface area contributed by atoms with Crippen LogP contribution < -0.4 is 5.32 Å². The van der Waals surface area contributed by atoms with E-state index in [9.17, 15) is 61.0 Å². The van der Waals surface area contributed by atoms with Crippen LogP contribution >= 0.6 is 0 Å². The molecule has 3 aliphatic rings. The van der Waals surface area contributed by atoms with Crippen molar-refractivity contribution in [2.75, 3.05) is 26.4 Å². The largest absolute Gasteiger partial charge is 0.394 e. The Morgan fingerprint density at radius 2 is 0.774 bits per heavy atom. The molecule has 84 heavy (non-hydrogen) atoms. The van der Waals surface area contributed by atoms with Crippen molar-refractivity contribution in [3.8, 4) is 0 Å². The molecule has 3 heterocycles. The summed E-state index contributed by atoms with van der Waals surface area (Å²) in [5.41, 5.74) is 0. The Bertz CT molecular complexity index is 1770. The van der Waals surface area contributed by atoms with Crippen molar-refractivity contribution in [2.24, 2.45) is 0 Å². The maximum atomic E-state index is 13.3. The van der Waals surface area contributed by atoms with Crippen molar-refractivity contribution in [2.45, 2.75) is 317 Å². The first kappa shape index (κ1) is 75.7. The summed E-state index contributed by atoms with van der Waals surface area (Å²) in [6.07, 6.45) is 29.1. The van der Waals surface area contributed by atoms with Gasteiger partial charge in [0.25, 0.3) is 0 Å². The number of amides is 1. The minimum Gasteiger partial charge on any atom is -0.394 e. The second-order valence-corrected chi connectivity index (χ2v) is 23.2. The third kappa shape index (κ3) is 30.1. The Morgan fingerprint density at radius 3 is 1.18 bits per heavy atom. The third-order valence-electron chi connectivity index (χ3n) is 16.1. The summed E-state index contributed by atoms with van der Waals surface area (Å²) >= 11 is 0. The zero-order valence-corrected chi connectivity index (χ0v) is 51.1. The highest BCUT2D eigenvalue weighted by atomic mass is 16.8. The molecule has 0 aromatic heterocycles. The van der Waals surface area contributed by atoms with Crippen LogP contribution in [0.4, 0.5) is 0 Å². The van der Waals surface area contributed by atoms with E-state index in [0.717, 1.165) is 44.9 Å². The van der Waals surface area contributed by atoms with Gasteiger partial charge in [0.05, 0.1) is 38.6 Å². The number of nitrogens with one attached hydrogen (secondary N) is 1. The summed E-state index contributed by atoms with van der Waals surface area (Å²) in [6.45, 7) is 1.61. The Balaban J connectivity index is 1.46. The number of unbranched alkanes of at least 4 members (excludes halogenated alkanes) is 23. The lowest BCUT2D eigenvalue weighted by atomic mass is 9.96. The molecular weight excluding hydrogens is 1080 g/mol. The molecule has 19 nitrogen and oxygen atoms in total. The zero-order valence-electron chi connectivity index (χ0n) is 51.1. The van der Waals surface area contributed by atoms with Gasteiger partial charge in [-0.3, -0.25) is 4.79 Å². The van der Waals surface area contributed by atoms with Crippen LogP contribution in [0.1, 0.15) is 213 Å². The van der Waals surface area contributed by atoms with Crippen LogP contribution in [0.15, 0.2) is 60.8 Å². The highest BCUT2D eigenvalue weighted by Gasteiger charge is 2.53. The average Bonchev–Trinajstić information content (AvgIpc) is 2.81. The SMILES string of the molecule is CC/C=C\C/C=C\C/C=C\C/C=C\C/C=C\CC(=O)NC(COC1OC(CO)C(OC2OC(CO)C(OC3OC(CO)C(O)C(O)C3O)C(O)C2O)C(O)C1O)C(O)CCCCCCCCCCCCCCCCCCCCCCCCCC. The van der Waals surface area contributed by atoms with Gasteiger partial charge >= 0.3 is 0 Å². The van der Waals surface area contributed by atoms with Gasteiger partial charge in [-0.25, -0.2) is 0 Å². The molecule has 17 unspecified atom stereocenters. The Kier molecular flexibility index (Phi) is 42.8. The van der Waals surface area contributed by atoms with E-state index in [0.29, 0.717) is 19.3 Å². The molecule has 3 aliphatic heterocycles. The molecule has 0 aliphatic carbocycles. The van der Waals surface area contributed by atoms with Crippen LogP contribution in [-0.2, 0) is 33.2 Å². The van der Waals surface area contributed by atoms with Crippen molar-refractivity contribution in [3.05, 3.63) is 60.8 Å². The van der Waals surface area contributed by atoms with Crippen LogP contribution in [0.3, 0.4) is 0 Å². The van der Waals surface area contributed by atoms with Gasteiger partial charge in [-0.1, -0.05) is 229 Å². The van der Waals surface area contributed by atoms with E-state index in [1.54, 1.807) is 6.08 Å². The molecular formula is C65H115NO18. The second kappa shape index (κ2) is 47.5. The van der Waals surface area contributed by atoms with E-state index >= 15 is 0 Å². The molecule has 0 radical (unpaired) electrons. The first-order valence-electron chi connectivity index (χ1n) is 32.5. The van der Waals surface area contributed by atoms with Gasteiger partial charge in [0.1, 0.15) is 73.2 Å². The fourth-order valence-electron chi connectivity index (χ4n) is 10.9. The fraction of sp³-hybridized carbons (Fsp3) is 0.831. The van der Waals surface area contributed by atoms with Crippen molar-refractivity contribution in [1.82, 2.24) is 5.32 Å². The number of hydrogen-bond donors (Lipinski definition) is 12. The van der Waals surface area contributed by atoms with E-state index in [2.05, 4.69) is 61.7 Å². The lowest BCUT2D eigenvalue weighted by Crippen LogP contribution is -2.66. The van der Waals surface area contributed by atoms with Crippen LogP contribution in [0, 0.1) is 0 Å². The van der Waals surface area contributed by atoms with Crippen molar-refractivity contribution in [1.29, 1.82) is 0 Å². The van der Waals surface area contributed by atoms with Gasteiger partial charge in [0.15, 0.2) is 18.9 Å². The molecule has 0 aromatic carbocycles. The Labute approximate surface area is 503 Å². The standard InChI is InChI=1S/C65H115NO18/c1-3-5-7-9-11-13-15-17-19-20-21-22-23-24-25-26-27-29-30-32-34-36-38-40-42-49(70)48(66-53(71)43-41-39-37-35-33-31-28-18-16-14-12-10-8-6-4-2)47-79-63-59(77)56(74)61(51(45-68)81-63)84-65-60(78)57(75)62(52(46-69)82-65)83-64-58(76)55(73)54(72)50(44-67)80-64/h6,8,12,14,18,28,33,35,39,41,48-52,54-65,67-70,72-78H,3-5,7,9-11,13,15-17,19-27,29-32,34,36-38,40,42-47H2,1-2H3,(H,66,71)/b8-6-,14-12-,28-18-,35-33-,41-39-. The van der Waals surface area contributed by atoms with E-state index in [1.807, 2.05) is 12.2 Å². The summed E-state index contributed by atoms with van der Waals surface area (Å²) in [6, 6.07) is -0.944. The quantitative estimate of drug-likeness (QED) is 0.0211. The first-order valence-corrected chi connectivity index (χ1v) is 32.5. The van der Waals surface area contributed by atoms with Crippen LogP contribution in [0.5, 0.6) is 0 Å². The lowest BCUT2D eigenvalue weighted by molar-refractivity contribution is -0.379. The molecule has 19 heteroatoms. The maximum absolute atomic E-state index is 13.3. The van der Waals surface area contributed by atoms with Crippen LogP contribution in [0.25, 0.3) is 0 Å². The second-order valence-electron chi connectivity index (χ2n) is 23.2. The predicted octanol–water partition coefficient (Wildman–Crippen LogP) is 7.21. The van der Waals surface area contributed by atoms with Gasteiger partial charge in [0.2, 0.25) is 5.91 Å². The summed E-state index contributed by atoms with van der Waals surface area (Å²) in [7, 11) is 0. The minimum absolute atomic E-state index is 0.0324. The summed E-state index contributed by atoms with van der Waals surface area (Å²) in [4.78, 5) is 13.3. The molecule has 0 aromatic rings. The molecule has 1 amide bonds. The highest BCUT2D eigenvalue weighted by Crippen LogP contribution is 2.33. The number of aliphatic hydroxyl groups excluding tert-OH is 11. The lowest BCUT2D eigenvalue weighted by Gasteiger charge is -2.48. The normalized spacial score (nSPS) is 29.6. The molecule has 17 atom stereocenters. The number of hydrogen-bond acceptors (Lipinski definition) is 18. The average molecular weight is 1200 g/mol. The molecule has 488 valence electrons. The van der Waals surface area contributed by atoms with E-state index in [1.165, 1.54) is 128 Å². The number of rotatable bonds is 48. The number of ether oxygens (including phenoxy) is 6. The van der Waals surface area contributed by atoms with Gasteiger partial charge in [0, 0.05) is 6.42 Å². The minimum atomic E-state index is -1.98. The van der Waals surface area contributed by atoms with Crippen LogP contribution in [-0.4, -0.2) is 193 Å². The number of carbonyl (C=O) groups is 1.